The highest BCUT2D eigenvalue weighted by Gasteiger charge is 2.27. The zero-order valence-corrected chi connectivity index (χ0v) is 9.24. The highest BCUT2D eigenvalue weighted by Crippen LogP contribution is 2.28. The number of aliphatic carboxylic acids is 1. The summed E-state index contributed by atoms with van der Waals surface area (Å²) in [7, 11) is 0. The van der Waals surface area contributed by atoms with Crippen molar-refractivity contribution < 1.29 is 9.90 Å². The Bertz CT molecular complexity index is 278. The van der Waals surface area contributed by atoms with Crippen LogP contribution in [0.2, 0.25) is 0 Å². The van der Waals surface area contributed by atoms with E-state index in [1.54, 1.807) is 25.2 Å². The Morgan fingerprint density at radius 1 is 1.69 bits per heavy atom. The number of hydrogen-bond acceptors (Lipinski definition) is 3. The Kier molecular flexibility index (Phi) is 3.39. The maximum atomic E-state index is 10.8. The highest BCUT2D eigenvalue weighted by molar-refractivity contribution is 8.00. The number of thiophene rings is 1. The van der Waals surface area contributed by atoms with Crippen LogP contribution in [0.1, 0.15) is 19.4 Å². The lowest BCUT2D eigenvalue weighted by Crippen LogP contribution is -2.27. The first-order valence-corrected chi connectivity index (χ1v) is 5.83. The van der Waals surface area contributed by atoms with Gasteiger partial charge in [0.15, 0.2) is 0 Å². The third-order valence-electron chi connectivity index (χ3n) is 1.69. The molecule has 0 aliphatic rings. The van der Waals surface area contributed by atoms with Crippen LogP contribution in [-0.4, -0.2) is 15.8 Å². The molecule has 4 heteroatoms. The lowest BCUT2D eigenvalue weighted by Gasteiger charge is -2.17. The van der Waals surface area contributed by atoms with Gasteiger partial charge in [-0.15, -0.1) is 11.8 Å². The standard InChI is InChI=1S/C9H12O2S2/c1-9(2,8(10)11)13-6-7-3-4-12-5-7/h3-5H,6H2,1-2H3,(H,10,11). The van der Waals surface area contributed by atoms with Gasteiger partial charge in [-0.05, 0) is 36.2 Å². The van der Waals surface area contributed by atoms with E-state index in [1.807, 2.05) is 16.8 Å². The summed E-state index contributed by atoms with van der Waals surface area (Å²) in [6.07, 6.45) is 0. The third kappa shape index (κ3) is 3.04. The fraction of sp³-hybridized carbons (Fsp3) is 0.444. The minimum Gasteiger partial charge on any atom is -0.480 e. The molecular formula is C9H12O2S2. The van der Waals surface area contributed by atoms with Crippen molar-refractivity contribution in [3.63, 3.8) is 0 Å². The molecule has 0 unspecified atom stereocenters. The zero-order chi connectivity index (χ0) is 9.90. The van der Waals surface area contributed by atoms with Crippen molar-refractivity contribution in [3.8, 4) is 0 Å². The first-order chi connectivity index (χ1) is 6.02. The summed E-state index contributed by atoms with van der Waals surface area (Å²) < 4.78 is -0.693. The molecule has 0 saturated heterocycles. The molecule has 0 amide bonds. The number of hydrogen-bond donors (Lipinski definition) is 1. The second-order valence-electron chi connectivity index (χ2n) is 3.24. The van der Waals surface area contributed by atoms with Crippen molar-refractivity contribution in [1.82, 2.24) is 0 Å². The van der Waals surface area contributed by atoms with Gasteiger partial charge in [0, 0.05) is 5.75 Å². The van der Waals surface area contributed by atoms with E-state index < -0.39 is 10.7 Å². The minimum absolute atomic E-state index is 0.693. The summed E-state index contributed by atoms with van der Waals surface area (Å²) in [6, 6.07) is 2.02. The van der Waals surface area contributed by atoms with Crippen molar-refractivity contribution in [3.05, 3.63) is 22.4 Å². The van der Waals surface area contributed by atoms with Crippen LogP contribution in [-0.2, 0) is 10.5 Å². The van der Waals surface area contributed by atoms with Crippen LogP contribution < -0.4 is 0 Å². The minimum atomic E-state index is -0.757. The Balaban J connectivity index is 2.47. The monoisotopic (exact) mass is 216 g/mol. The number of thioether (sulfide) groups is 1. The number of carbonyl (C=O) groups is 1. The molecular weight excluding hydrogens is 204 g/mol. The average molecular weight is 216 g/mol. The molecule has 0 aliphatic heterocycles. The fourth-order valence-electron chi connectivity index (χ4n) is 0.700. The van der Waals surface area contributed by atoms with E-state index in [0.29, 0.717) is 0 Å². The van der Waals surface area contributed by atoms with Gasteiger partial charge in [-0.1, -0.05) is 0 Å². The van der Waals surface area contributed by atoms with Gasteiger partial charge in [0.2, 0.25) is 0 Å². The zero-order valence-electron chi connectivity index (χ0n) is 7.61. The van der Waals surface area contributed by atoms with Gasteiger partial charge in [-0.25, -0.2) is 0 Å². The summed E-state index contributed by atoms with van der Waals surface area (Å²) in [5.41, 5.74) is 1.20. The van der Waals surface area contributed by atoms with Crippen LogP contribution in [0.25, 0.3) is 0 Å². The SMILES string of the molecule is CC(C)(SCc1ccsc1)C(=O)O. The number of rotatable bonds is 4. The predicted octanol–water partition coefficient (Wildman–Crippen LogP) is 2.84. The smallest absolute Gasteiger partial charge is 0.319 e. The molecule has 72 valence electrons. The summed E-state index contributed by atoms with van der Waals surface area (Å²) in [5, 5.41) is 12.9. The Morgan fingerprint density at radius 2 is 2.38 bits per heavy atom. The molecule has 0 saturated carbocycles. The summed E-state index contributed by atoms with van der Waals surface area (Å²) >= 11 is 3.09. The highest BCUT2D eigenvalue weighted by atomic mass is 32.2. The molecule has 2 nitrogen and oxygen atoms in total. The van der Waals surface area contributed by atoms with Crippen LogP contribution in [0.15, 0.2) is 16.8 Å². The van der Waals surface area contributed by atoms with Gasteiger partial charge < -0.3 is 5.11 Å². The first-order valence-electron chi connectivity index (χ1n) is 3.91. The fourth-order valence-corrected chi connectivity index (χ4v) is 2.30. The number of carboxylic acid groups (broad SMARTS) is 1. The molecule has 0 fully saturated rings. The van der Waals surface area contributed by atoms with Gasteiger partial charge >= 0.3 is 5.97 Å². The topological polar surface area (TPSA) is 37.3 Å². The van der Waals surface area contributed by atoms with E-state index in [1.165, 1.54) is 17.3 Å². The molecule has 0 aliphatic carbocycles. The van der Waals surface area contributed by atoms with Gasteiger partial charge in [-0.3, -0.25) is 4.79 Å². The lowest BCUT2D eigenvalue weighted by atomic mass is 10.2. The van der Waals surface area contributed by atoms with E-state index in [4.69, 9.17) is 5.11 Å². The Labute approximate surface area is 86.0 Å². The summed E-state index contributed by atoms with van der Waals surface area (Å²) in [6.45, 7) is 3.46. The molecule has 1 N–H and O–H groups in total. The van der Waals surface area contributed by atoms with Crippen LogP contribution in [0.4, 0.5) is 0 Å². The molecule has 1 aromatic rings. The molecule has 0 radical (unpaired) electrons. The molecule has 0 spiro atoms. The molecule has 1 aromatic heterocycles. The molecule has 0 bridgehead atoms. The van der Waals surface area contributed by atoms with Crippen LogP contribution >= 0.6 is 23.1 Å². The van der Waals surface area contributed by atoms with Gasteiger partial charge in [0.25, 0.3) is 0 Å². The number of carboxylic acids is 1. The van der Waals surface area contributed by atoms with Crippen molar-refractivity contribution in [2.45, 2.75) is 24.3 Å². The van der Waals surface area contributed by atoms with Crippen LogP contribution in [0.5, 0.6) is 0 Å². The largest absolute Gasteiger partial charge is 0.480 e. The summed E-state index contributed by atoms with van der Waals surface area (Å²) in [4.78, 5) is 10.8. The Morgan fingerprint density at radius 3 is 2.85 bits per heavy atom. The van der Waals surface area contributed by atoms with E-state index >= 15 is 0 Å². The van der Waals surface area contributed by atoms with E-state index in [0.717, 1.165) is 5.75 Å². The summed E-state index contributed by atoms with van der Waals surface area (Å²) in [5.74, 6) is 0.00993. The second kappa shape index (κ2) is 4.15. The maximum absolute atomic E-state index is 10.8. The lowest BCUT2D eigenvalue weighted by molar-refractivity contribution is -0.138. The first kappa shape index (κ1) is 10.6. The Hall–Kier alpha value is -0.480. The quantitative estimate of drug-likeness (QED) is 0.841. The average Bonchev–Trinajstić information content (AvgIpc) is 2.52. The second-order valence-corrected chi connectivity index (χ2v) is 5.61. The van der Waals surface area contributed by atoms with Crippen molar-refractivity contribution in [1.29, 1.82) is 0 Å². The van der Waals surface area contributed by atoms with Gasteiger partial charge in [0.1, 0.15) is 4.75 Å². The van der Waals surface area contributed by atoms with Crippen molar-refractivity contribution in [2.75, 3.05) is 0 Å². The molecule has 0 atom stereocenters. The third-order valence-corrected chi connectivity index (χ3v) is 3.80. The van der Waals surface area contributed by atoms with Crippen LogP contribution in [0, 0.1) is 0 Å². The van der Waals surface area contributed by atoms with Crippen molar-refractivity contribution in [2.24, 2.45) is 0 Å². The van der Waals surface area contributed by atoms with E-state index in [-0.39, 0.29) is 0 Å². The predicted molar refractivity (Wildman–Crippen MR) is 57.3 cm³/mol. The van der Waals surface area contributed by atoms with Gasteiger partial charge in [-0.2, -0.15) is 11.3 Å². The van der Waals surface area contributed by atoms with Crippen LogP contribution in [0.3, 0.4) is 0 Å². The molecule has 13 heavy (non-hydrogen) atoms. The molecule has 1 rings (SSSR count). The van der Waals surface area contributed by atoms with Crippen molar-refractivity contribution >= 4 is 29.1 Å². The normalized spacial score (nSPS) is 11.5. The maximum Gasteiger partial charge on any atom is 0.319 e. The van der Waals surface area contributed by atoms with Gasteiger partial charge in [0.05, 0.1) is 0 Å². The molecule has 1 heterocycles. The molecule has 0 aromatic carbocycles. The van der Waals surface area contributed by atoms with E-state index in [2.05, 4.69) is 0 Å². The van der Waals surface area contributed by atoms with E-state index in [9.17, 15) is 4.79 Å².